The molecule has 0 saturated carbocycles. The molecule has 2 nitrogen and oxygen atoms in total. The molecule has 0 aliphatic heterocycles. The van der Waals surface area contributed by atoms with E-state index in [0.717, 1.165) is 36.0 Å². The number of rotatable bonds is 6. The van der Waals surface area contributed by atoms with E-state index in [2.05, 4.69) is 5.10 Å². The molecule has 1 aromatic heterocycles. The van der Waals surface area contributed by atoms with Crippen molar-refractivity contribution in [2.45, 2.75) is 39.2 Å². The second-order valence-electron chi connectivity index (χ2n) is 3.43. The van der Waals surface area contributed by atoms with Gasteiger partial charge in [-0.2, -0.15) is 5.10 Å². The van der Waals surface area contributed by atoms with Crippen LogP contribution in [0.1, 0.15) is 31.4 Å². The lowest BCUT2D eigenvalue weighted by Crippen LogP contribution is -1.98. The Morgan fingerprint density at radius 2 is 2.00 bits per heavy atom. The van der Waals surface area contributed by atoms with Crippen molar-refractivity contribution in [3.05, 3.63) is 16.9 Å². The Labute approximate surface area is 95.2 Å². The summed E-state index contributed by atoms with van der Waals surface area (Å²) in [5.74, 6) is 0.771. The lowest BCUT2D eigenvalue weighted by atomic mass is 10.2. The van der Waals surface area contributed by atoms with Gasteiger partial charge in [-0.25, -0.2) is 0 Å². The average molecular weight is 235 g/mol. The first-order valence-corrected chi connectivity index (χ1v) is 5.91. The monoisotopic (exact) mass is 234 g/mol. The maximum atomic E-state index is 5.89. The van der Waals surface area contributed by atoms with Gasteiger partial charge in [0, 0.05) is 18.6 Å². The summed E-state index contributed by atoms with van der Waals surface area (Å²) in [6.45, 7) is 2.88. The van der Waals surface area contributed by atoms with Crippen LogP contribution in [-0.2, 0) is 6.54 Å². The lowest BCUT2D eigenvalue weighted by Gasteiger charge is -2.00. The molecule has 0 aliphatic rings. The van der Waals surface area contributed by atoms with Gasteiger partial charge in [0.2, 0.25) is 0 Å². The highest BCUT2D eigenvalue weighted by atomic mass is 35.5. The molecule has 1 aromatic rings. The van der Waals surface area contributed by atoms with E-state index < -0.39 is 0 Å². The van der Waals surface area contributed by atoms with Gasteiger partial charge in [0.15, 0.2) is 0 Å². The molecule has 0 radical (unpaired) electrons. The molecule has 1 heterocycles. The highest BCUT2D eigenvalue weighted by molar-refractivity contribution is 6.31. The van der Waals surface area contributed by atoms with Gasteiger partial charge in [-0.05, 0) is 19.8 Å². The summed E-state index contributed by atoms with van der Waals surface area (Å²) in [6.07, 6.45) is 6.56. The van der Waals surface area contributed by atoms with Gasteiger partial charge in [-0.15, -0.1) is 11.6 Å². The third-order valence-corrected chi connectivity index (χ3v) is 2.80. The van der Waals surface area contributed by atoms with Crippen LogP contribution in [0.3, 0.4) is 0 Å². The predicted octanol–water partition coefficient (Wildman–Crippen LogP) is 3.64. The van der Waals surface area contributed by atoms with Gasteiger partial charge in [-0.1, -0.05) is 24.4 Å². The van der Waals surface area contributed by atoms with E-state index in [1.54, 1.807) is 0 Å². The van der Waals surface area contributed by atoms with Crippen LogP contribution in [0.2, 0.25) is 5.02 Å². The maximum absolute atomic E-state index is 5.89. The minimum atomic E-state index is 0.755. The van der Waals surface area contributed by atoms with Crippen LogP contribution in [-0.4, -0.2) is 15.7 Å². The van der Waals surface area contributed by atoms with Crippen molar-refractivity contribution in [3.63, 3.8) is 0 Å². The summed E-state index contributed by atoms with van der Waals surface area (Å²) < 4.78 is 1.92. The zero-order chi connectivity index (χ0) is 10.4. The molecular formula is C10H16Cl2N2. The normalized spacial score (nSPS) is 10.8. The fraction of sp³-hybridized carbons (Fsp3) is 0.700. The highest BCUT2D eigenvalue weighted by Gasteiger charge is 2.00. The van der Waals surface area contributed by atoms with E-state index in [9.17, 15) is 0 Å². The molecule has 0 saturated heterocycles. The molecule has 4 heteroatoms. The average Bonchev–Trinajstić information content (AvgIpc) is 2.46. The van der Waals surface area contributed by atoms with Crippen molar-refractivity contribution in [2.24, 2.45) is 0 Å². The number of hydrogen-bond donors (Lipinski definition) is 0. The lowest BCUT2D eigenvalue weighted by molar-refractivity contribution is 0.539. The maximum Gasteiger partial charge on any atom is 0.0814 e. The second-order valence-corrected chi connectivity index (χ2v) is 4.21. The van der Waals surface area contributed by atoms with Crippen LogP contribution in [0.15, 0.2) is 6.20 Å². The highest BCUT2D eigenvalue weighted by Crippen LogP contribution is 2.12. The summed E-state index contributed by atoms with van der Waals surface area (Å²) in [4.78, 5) is 0. The smallest absolute Gasteiger partial charge is 0.0814 e. The fourth-order valence-electron chi connectivity index (χ4n) is 1.33. The Morgan fingerprint density at radius 1 is 1.29 bits per heavy atom. The fourth-order valence-corrected chi connectivity index (χ4v) is 1.67. The molecule has 0 atom stereocenters. The number of alkyl halides is 1. The van der Waals surface area contributed by atoms with E-state index >= 15 is 0 Å². The van der Waals surface area contributed by atoms with Gasteiger partial charge >= 0.3 is 0 Å². The number of aryl methyl sites for hydroxylation is 2. The molecule has 0 fully saturated rings. The Hall–Kier alpha value is -0.210. The van der Waals surface area contributed by atoms with E-state index in [1.807, 2.05) is 17.8 Å². The molecular weight excluding hydrogens is 219 g/mol. The molecule has 0 N–H and O–H groups in total. The third kappa shape index (κ3) is 3.89. The zero-order valence-electron chi connectivity index (χ0n) is 8.47. The van der Waals surface area contributed by atoms with Gasteiger partial charge in [0.05, 0.1) is 10.7 Å². The van der Waals surface area contributed by atoms with Crippen molar-refractivity contribution in [1.29, 1.82) is 0 Å². The van der Waals surface area contributed by atoms with Crippen molar-refractivity contribution < 1.29 is 0 Å². The second kappa shape index (κ2) is 6.31. The largest absolute Gasteiger partial charge is 0.271 e. The Balaban J connectivity index is 2.18. The van der Waals surface area contributed by atoms with Crippen LogP contribution in [0.4, 0.5) is 0 Å². The molecule has 0 spiro atoms. The molecule has 14 heavy (non-hydrogen) atoms. The molecule has 0 bridgehead atoms. The molecule has 80 valence electrons. The van der Waals surface area contributed by atoms with Crippen LogP contribution in [0, 0.1) is 6.92 Å². The van der Waals surface area contributed by atoms with Crippen molar-refractivity contribution in [3.8, 4) is 0 Å². The molecule has 1 rings (SSSR count). The van der Waals surface area contributed by atoms with E-state index in [1.165, 1.54) is 12.8 Å². The first-order chi connectivity index (χ1) is 6.74. The molecule has 0 aliphatic carbocycles. The van der Waals surface area contributed by atoms with Crippen LogP contribution >= 0.6 is 23.2 Å². The Kier molecular flexibility index (Phi) is 5.34. The summed E-state index contributed by atoms with van der Waals surface area (Å²) in [5.41, 5.74) is 0.910. The van der Waals surface area contributed by atoms with Crippen molar-refractivity contribution in [1.82, 2.24) is 9.78 Å². The molecule has 0 amide bonds. The van der Waals surface area contributed by atoms with Crippen LogP contribution < -0.4 is 0 Å². The van der Waals surface area contributed by atoms with E-state index in [4.69, 9.17) is 23.2 Å². The number of halogens is 2. The molecule has 0 aromatic carbocycles. The molecule has 0 unspecified atom stereocenters. The zero-order valence-corrected chi connectivity index (χ0v) is 9.98. The number of aromatic nitrogens is 2. The minimum Gasteiger partial charge on any atom is -0.271 e. The summed E-state index contributed by atoms with van der Waals surface area (Å²) in [5, 5.41) is 5.04. The summed E-state index contributed by atoms with van der Waals surface area (Å²) in [7, 11) is 0. The van der Waals surface area contributed by atoms with Gasteiger partial charge in [0.25, 0.3) is 0 Å². The quantitative estimate of drug-likeness (QED) is 0.543. The Morgan fingerprint density at radius 3 is 2.57 bits per heavy atom. The standard InChI is InChI=1S/C10H16Cl2N2/c1-9-10(12)8-14(13-9)7-5-3-2-4-6-11/h8H,2-7H2,1H3. The predicted molar refractivity (Wildman–Crippen MR) is 61.2 cm³/mol. The van der Waals surface area contributed by atoms with Crippen molar-refractivity contribution in [2.75, 3.05) is 5.88 Å². The topological polar surface area (TPSA) is 17.8 Å². The van der Waals surface area contributed by atoms with Crippen LogP contribution in [0.25, 0.3) is 0 Å². The minimum absolute atomic E-state index is 0.755. The number of hydrogen-bond acceptors (Lipinski definition) is 1. The van der Waals surface area contributed by atoms with Crippen LogP contribution in [0.5, 0.6) is 0 Å². The number of nitrogens with zero attached hydrogens (tertiary/aromatic N) is 2. The summed E-state index contributed by atoms with van der Waals surface area (Å²) >= 11 is 11.5. The van der Waals surface area contributed by atoms with Gasteiger partial charge < -0.3 is 0 Å². The third-order valence-electron chi connectivity index (χ3n) is 2.16. The first-order valence-electron chi connectivity index (χ1n) is 4.99. The summed E-state index contributed by atoms with van der Waals surface area (Å²) in [6, 6.07) is 0. The van der Waals surface area contributed by atoms with Gasteiger partial charge in [0.1, 0.15) is 0 Å². The van der Waals surface area contributed by atoms with Gasteiger partial charge in [-0.3, -0.25) is 4.68 Å². The van der Waals surface area contributed by atoms with E-state index in [-0.39, 0.29) is 0 Å². The number of unbranched alkanes of at least 4 members (excludes halogenated alkanes) is 3. The van der Waals surface area contributed by atoms with E-state index in [0.29, 0.717) is 0 Å². The Bertz CT molecular complexity index is 252. The van der Waals surface area contributed by atoms with Crippen molar-refractivity contribution >= 4 is 23.2 Å². The SMILES string of the molecule is Cc1nn(CCCCCCCl)cc1Cl. The first kappa shape index (κ1) is 11.9.